The van der Waals surface area contributed by atoms with E-state index < -0.39 is 0 Å². The van der Waals surface area contributed by atoms with E-state index in [1.807, 2.05) is 20.8 Å². The van der Waals surface area contributed by atoms with E-state index in [2.05, 4.69) is 20.3 Å². The van der Waals surface area contributed by atoms with Crippen molar-refractivity contribution < 1.29 is 9.53 Å². The minimum atomic E-state index is -0.318. The summed E-state index contributed by atoms with van der Waals surface area (Å²) in [4.78, 5) is 12.2. The Balaban J connectivity index is 0.000000203. The number of carbonyl (C=O) groups is 1. The second-order valence-corrected chi connectivity index (χ2v) is 5.90. The molecule has 5 nitrogen and oxygen atoms in total. The Morgan fingerprint density at radius 3 is 2.17 bits per heavy atom. The summed E-state index contributed by atoms with van der Waals surface area (Å²) < 4.78 is 4.55. The van der Waals surface area contributed by atoms with E-state index in [4.69, 9.17) is 0 Å². The van der Waals surface area contributed by atoms with Crippen LogP contribution < -0.4 is 10.6 Å². The summed E-state index contributed by atoms with van der Waals surface area (Å²) in [5.74, 6) is 0.938. The maximum Gasteiger partial charge on any atom is 0.293 e. The van der Waals surface area contributed by atoms with Gasteiger partial charge in [0.2, 0.25) is 0 Å². The predicted octanol–water partition coefficient (Wildman–Crippen LogP) is 0.0689. The average molecular weight is 257 g/mol. The van der Waals surface area contributed by atoms with Crippen LogP contribution in [0.1, 0.15) is 20.8 Å². The highest BCUT2D eigenvalue weighted by molar-refractivity contribution is 5.37. The van der Waals surface area contributed by atoms with Crippen LogP contribution in [0.25, 0.3) is 0 Å². The van der Waals surface area contributed by atoms with Crippen molar-refractivity contribution in [1.82, 2.24) is 15.5 Å². The molecule has 0 spiro atoms. The highest BCUT2D eigenvalue weighted by Crippen LogP contribution is 2.06. The van der Waals surface area contributed by atoms with Crippen LogP contribution in [0.4, 0.5) is 0 Å². The summed E-state index contributed by atoms with van der Waals surface area (Å²) in [6.07, 6.45) is 0. The van der Waals surface area contributed by atoms with E-state index in [9.17, 15) is 4.79 Å². The standard InChI is InChI=1S/C8H17N3.C5H10O2/c1-3-11(4-2-9-1)7-8-5-10-6-8;1-5(2,3)7-4-6/h8-10H,1-7H2;4H,1-3H3. The summed E-state index contributed by atoms with van der Waals surface area (Å²) in [7, 11) is 0. The van der Waals surface area contributed by atoms with Crippen molar-refractivity contribution in [1.29, 1.82) is 0 Å². The van der Waals surface area contributed by atoms with Gasteiger partial charge in [-0.2, -0.15) is 0 Å². The van der Waals surface area contributed by atoms with Crippen LogP contribution in [0, 0.1) is 5.92 Å². The Morgan fingerprint density at radius 2 is 1.83 bits per heavy atom. The molecule has 2 fully saturated rings. The van der Waals surface area contributed by atoms with Crippen molar-refractivity contribution in [2.45, 2.75) is 26.4 Å². The summed E-state index contributed by atoms with van der Waals surface area (Å²) in [6, 6.07) is 0. The molecule has 5 heteroatoms. The van der Waals surface area contributed by atoms with Crippen LogP contribution in [0.15, 0.2) is 0 Å². The molecule has 2 saturated heterocycles. The Morgan fingerprint density at radius 1 is 1.22 bits per heavy atom. The Bertz CT molecular complexity index is 231. The van der Waals surface area contributed by atoms with Gasteiger partial charge in [-0.25, -0.2) is 0 Å². The normalized spacial score (nSPS) is 21.5. The third-order valence-corrected chi connectivity index (χ3v) is 2.99. The summed E-state index contributed by atoms with van der Waals surface area (Å²) >= 11 is 0. The zero-order chi connectivity index (χ0) is 13.4. The first kappa shape index (κ1) is 15.4. The third kappa shape index (κ3) is 6.93. The third-order valence-electron chi connectivity index (χ3n) is 2.99. The molecular formula is C13H27N3O2. The van der Waals surface area contributed by atoms with Gasteiger partial charge in [-0.15, -0.1) is 0 Å². The van der Waals surface area contributed by atoms with Crippen LogP contribution in [0.5, 0.6) is 0 Å². The topological polar surface area (TPSA) is 53.6 Å². The van der Waals surface area contributed by atoms with Gasteiger partial charge in [-0.3, -0.25) is 4.79 Å². The molecule has 2 rings (SSSR count). The highest BCUT2D eigenvalue weighted by Gasteiger charge is 2.20. The second kappa shape index (κ2) is 7.71. The molecule has 2 aliphatic heterocycles. The molecule has 0 aromatic rings. The lowest BCUT2D eigenvalue weighted by molar-refractivity contribution is -0.138. The fraction of sp³-hybridized carbons (Fsp3) is 0.923. The van der Waals surface area contributed by atoms with E-state index in [0.29, 0.717) is 6.47 Å². The first-order valence-corrected chi connectivity index (χ1v) is 6.76. The van der Waals surface area contributed by atoms with Gasteiger partial charge in [0.05, 0.1) is 0 Å². The van der Waals surface area contributed by atoms with Crippen LogP contribution in [0.2, 0.25) is 0 Å². The van der Waals surface area contributed by atoms with E-state index >= 15 is 0 Å². The monoisotopic (exact) mass is 257 g/mol. The second-order valence-electron chi connectivity index (χ2n) is 5.90. The fourth-order valence-electron chi connectivity index (χ4n) is 1.88. The molecule has 0 aromatic heterocycles. The van der Waals surface area contributed by atoms with Crippen LogP contribution >= 0.6 is 0 Å². The van der Waals surface area contributed by atoms with Crippen molar-refractivity contribution in [3.8, 4) is 0 Å². The number of carbonyl (C=O) groups excluding carboxylic acids is 1. The summed E-state index contributed by atoms with van der Waals surface area (Å²) in [5, 5.41) is 6.68. The molecule has 0 aromatic carbocycles. The zero-order valence-electron chi connectivity index (χ0n) is 11.9. The van der Waals surface area contributed by atoms with Crippen molar-refractivity contribution in [2.75, 3.05) is 45.8 Å². The first-order valence-electron chi connectivity index (χ1n) is 6.76. The molecule has 0 unspecified atom stereocenters. The Labute approximate surface area is 110 Å². The lowest BCUT2D eigenvalue weighted by Crippen LogP contribution is -2.52. The number of nitrogens with zero attached hydrogens (tertiary/aromatic N) is 1. The number of hydrogen-bond donors (Lipinski definition) is 2. The fourth-order valence-corrected chi connectivity index (χ4v) is 1.88. The Hall–Kier alpha value is -0.650. The van der Waals surface area contributed by atoms with Gasteiger partial charge in [0.1, 0.15) is 5.60 Å². The van der Waals surface area contributed by atoms with E-state index in [1.54, 1.807) is 0 Å². The number of piperazine rings is 1. The predicted molar refractivity (Wildman–Crippen MR) is 72.6 cm³/mol. The summed E-state index contributed by atoms with van der Waals surface area (Å²) in [5.41, 5.74) is -0.318. The quantitative estimate of drug-likeness (QED) is 0.701. The lowest BCUT2D eigenvalue weighted by Gasteiger charge is -2.35. The maximum absolute atomic E-state index is 9.60. The average Bonchev–Trinajstić information content (AvgIpc) is 2.24. The van der Waals surface area contributed by atoms with Gasteiger partial charge in [-0.05, 0) is 26.7 Å². The molecule has 106 valence electrons. The van der Waals surface area contributed by atoms with Gasteiger partial charge in [0.15, 0.2) is 0 Å². The molecule has 0 bridgehead atoms. The van der Waals surface area contributed by atoms with Gasteiger partial charge >= 0.3 is 0 Å². The van der Waals surface area contributed by atoms with Crippen molar-refractivity contribution in [3.63, 3.8) is 0 Å². The molecule has 18 heavy (non-hydrogen) atoms. The number of ether oxygens (including phenoxy) is 1. The molecular weight excluding hydrogens is 230 g/mol. The molecule has 0 saturated carbocycles. The van der Waals surface area contributed by atoms with Crippen LogP contribution in [-0.4, -0.2) is 62.8 Å². The van der Waals surface area contributed by atoms with E-state index in [-0.39, 0.29) is 5.60 Å². The molecule has 0 radical (unpaired) electrons. The van der Waals surface area contributed by atoms with E-state index in [0.717, 1.165) is 5.92 Å². The molecule has 0 atom stereocenters. The smallest absolute Gasteiger partial charge is 0.293 e. The van der Waals surface area contributed by atoms with Crippen molar-refractivity contribution in [3.05, 3.63) is 0 Å². The van der Waals surface area contributed by atoms with Gasteiger partial charge < -0.3 is 20.3 Å². The summed E-state index contributed by atoms with van der Waals surface area (Å²) in [6.45, 7) is 14.6. The first-order chi connectivity index (χ1) is 8.51. The molecule has 2 N–H and O–H groups in total. The molecule has 0 amide bonds. The zero-order valence-corrected chi connectivity index (χ0v) is 11.9. The van der Waals surface area contributed by atoms with E-state index in [1.165, 1.54) is 45.8 Å². The largest absolute Gasteiger partial charge is 0.462 e. The lowest BCUT2D eigenvalue weighted by atomic mass is 10.0. The maximum atomic E-state index is 9.60. The van der Waals surface area contributed by atoms with Gasteiger partial charge in [0, 0.05) is 45.8 Å². The van der Waals surface area contributed by atoms with Gasteiger partial charge in [-0.1, -0.05) is 0 Å². The molecule has 2 aliphatic rings. The highest BCUT2D eigenvalue weighted by atomic mass is 16.5. The molecule has 2 heterocycles. The Kier molecular flexibility index (Phi) is 6.60. The minimum absolute atomic E-state index is 0.318. The van der Waals surface area contributed by atoms with Gasteiger partial charge in [0.25, 0.3) is 6.47 Å². The number of hydrogen-bond acceptors (Lipinski definition) is 5. The number of nitrogens with one attached hydrogen (secondary N) is 2. The minimum Gasteiger partial charge on any atom is -0.462 e. The van der Waals surface area contributed by atoms with Crippen molar-refractivity contribution >= 4 is 6.47 Å². The van der Waals surface area contributed by atoms with Crippen molar-refractivity contribution in [2.24, 2.45) is 5.92 Å². The SMILES string of the molecule is C1CN(CC2CNC2)CCN1.CC(C)(C)OC=O. The van der Waals surface area contributed by atoms with Crippen LogP contribution in [-0.2, 0) is 9.53 Å². The molecule has 0 aliphatic carbocycles. The van der Waals surface area contributed by atoms with Crippen LogP contribution in [0.3, 0.4) is 0 Å². The number of rotatable bonds is 3.